The maximum absolute atomic E-state index is 5.39. The van der Waals surface area contributed by atoms with Crippen molar-refractivity contribution in [2.75, 3.05) is 27.3 Å². The summed E-state index contributed by atoms with van der Waals surface area (Å²) in [5.74, 6) is 1.05. The van der Waals surface area contributed by atoms with E-state index in [4.69, 9.17) is 9.47 Å². The first kappa shape index (κ1) is 12.2. The fraction of sp³-hybridized carbons (Fsp3) is 0.538. The molecule has 3 rings (SSSR count). The summed E-state index contributed by atoms with van der Waals surface area (Å²) in [7, 11) is 3.17. The summed E-state index contributed by atoms with van der Waals surface area (Å²) in [5.41, 5.74) is 1.99. The highest BCUT2D eigenvalue weighted by Gasteiger charge is 2.22. The summed E-state index contributed by atoms with van der Waals surface area (Å²) in [6.07, 6.45) is 4.38. The topological polar surface area (TPSA) is 72.1 Å². The molecule has 2 aromatic heterocycles. The van der Waals surface area contributed by atoms with Crippen LogP contribution in [0.1, 0.15) is 24.3 Å². The van der Waals surface area contributed by atoms with Crippen LogP contribution in [0.5, 0.6) is 11.9 Å². The van der Waals surface area contributed by atoms with Crippen LogP contribution >= 0.6 is 0 Å². The van der Waals surface area contributed by atoms with E-state index in [2.05, 4.69) is 20.3 Å². The van der Waals surface area contributed by atoms with E-state index in [1.807, 2.05) is 6.20 Å². The highest BCUT2D eigenvalue weighted by Crippen LogP contribution is 2.34. The Morgan fingerprint density at radius 1 is 1.26 bits per heavy atom. The standard InChI is InChI=1S/C13H18N4O2/c1-18-12-10-9(8-4-3-5-14-6-8)7-15-11(10)16-13(17-12)19-2/h7-8,14H,3-6H2,1-2H3,(H,15,16,17). The third-order valence-corrected chi connectivity index (χ3v) is 3.62. The Labute approximate surface area is 111 Å². The number of fused-ring (bicyclic) bond motifs is 1. The number of methoxy groups -OCH3 is 2. The number of piperidine rings is 1. The Balaban J connectivity index is 2.10. The van der Waals surface area contributed by atoms with E-state index < -0.39 is 0 Å². The van der Waals surface area contributed by atoms with E-state index in [1.165, 1.54) is 18.4 Å². The molecule has 1 aliphatic heterocycles. The van der Waals surface area contributed by atoms with E-state index in [-0.39, 0.29) is 0 Å². The van der Waals surface area contributed by atoms with Gasteiger partial charge in [-0.1, -0.05) is 0 Å². The molecule has 3 heterocycles. The summed E-state index contributed by atoms with van der Waals surface area (Å²) in [6, 6.07) is 0.319. The van der Waals surface area contributed by atoms with Crippen LogP contribution in [0.15, 0.2) is 6.20 Å². The summed E-state index contributed by atoms with van der Waals surface area (Å²) >= 11 is 0. The molecule has 0 bridgehead atoms. The number of hydrogen-bond acceptors (Lipinski definition) is 5. The Morgan fingerprint density at radius 2 is 2.16 bits per heavy atom. The van der Waals surface area contributed by atoms with Gasteiger partial charge in [-0.3, -0.25) is 0 Å². The molecule has 0 amide bonds. The summed E-state index contributed by atoms with van der Waals surface area (Å²) in [6.45, 7) is 2.09. The molecule has 6 nitrogen and oxygen atoms in total. The predicted molar refractivity (Wildman–Crippen MR) is 71.8 cm³/mol. The Hall–Kier alpha value is -1.82. The van der Waals surface area contributed by atoms with Crippen molar-refractivity contribution >= 4 is 11.0 Å². The molecular weight excluding hydrogens is 244 g/mol. The number of H-pyrrole nitrogens is 1. The number of hydrogen-bond donors (Lipinski definition) is 2. The Bertz CT molecular complexity index is 575. The van der Waals surface area contributed by atoms with Crippen molar-refractivity contribution in [3.63, 3.8) is 0 Å². The fourth-order valence-corrected chi connectivity index (χ4v) is 2.68. The zero-order valence-corrected chi connectivity index (χ0v) is 11.2. The quantitative estimate of drug-likeness (QED) is 0.875. The lowest BCUT2D eigenvalue weighted by molar-refractivity contribution is 0.356. The van der Waals surface area contributed by atoms with Gasteiger partial charge in [0, 0.05) is 12.7 Å². The van der Waals surface area contributed by atoms with Gasteiger partial charge in [0.15, 0.2) is 0 Å². The lowest BCUT2D eigenvalue weighted by atomic mass is 9.92. The average Bonchev–Trinajstić information content (AvgIpc) is 2.91. The predicted octanol–water partition coefficient (Wildman–Crippen LogP) is 1.44. The number of aromatic amines is 1. The van der Waals surface area contributed by atoms with E-state index in [0.29, 0.717) is 17.8 Å². The zero-order chi connectivity index (χ0) is 13.2. The molecule has 1 saturated heterocycles. The van der Waals surface area contributed by atoms with Gasteiger partial charge in [-0.25, -0.2) is 0 Å². The molecule has 19 heavy (non-hydrogen) atoms. The maximum Gasteiger partial charge on any atom is 0.321 e. The first-order chi connectivity index (χ1) is 9.33. The van der Waals surface area contributed by atoms with Crippen molar-refractivity contribution in [2.45, 2.75) is 18.8 Å². The minimum absolute atomic E-state index is 0.319. The minimum atomic E-state index is 0.319. The highest BCUT2D eigenvalue weighted by atomic mass is 16.5. The minimum Gasteiger partial charge on any atom is -0.480 e. The molecule has 0 aromatic carbocycles. The van der Waals surface area contributed by atoms with Gasteiger partial charge in [-0.15, -0.1) is 0 Å². The van der Waals surface area contributed by atoms with Crippen LogP contribution in [0.25, 0.3) is 11.0 Å². The van der Waals surface area contributed by atoms with Gasteiger partial charge in [0.25, 0.3) is 0 Å². The molecule has 0 aliphatic carbocycles. The fourth-order valence-electron chi connectivity index (χ4n) is 2.68. The molecule has 0 spiro atoms. The number of nitrogens with one attached hydrogen (secondary N) is 2. The van der Waals surface area contributed by atoms with E-state index in [1.54, 1.807) is 14.2 Å². The third-order valence-electron chi connectivity index (χ3n) is 3.62. The van der Waals surface area contributed by atoms with Crippen LogP contribution in [-0.4, -0.2) is 42.3 Å². The van der Waals surface area contributed by atoms with Gasteiger partial charge in [-0.2, -0.15) is 9.97 Å². The molecule has 2 aromatic rings. The second-order valence-corrected chi connectivity index (χ2v) is 4.73. The second-order valence-electron chi connectivity index (χ2n) is 4.73. The lowest BCUT2D eigenvalue weighted by Gasteiger charge is -2.22. The van der Waals surface area contributed by atoms with Crippen molar-refractivity contribution < 1.29 is 9.47 Å². The maximum atomic E-state index is 5.39. The molecule has 0 radical (unpaired) electrons. The van der Waals surface area contributed by atoms with Crippen molar-refractivity contribution in [1.82, 2.24) is 20.3 Å². The van der Waals surface area contributed by atoms with Crippen LogP contribution in [0, 0.1) is 0 Å². The SMILES string of the molecule is COc1nc(OC)c2c(C3CCCNC3)c[nH]c2n1. The van der Waals surface area contributed by atoms with Gasteiger partial charge in [0.1, 0.15) is 5.65 Å². The molecule has 6 heteroatoms. The summed E-state index contributed by atoms with van der Waals surface area (Å²) < 4.78 is 10.5. The number of nitrogens with zero attached hydrogens (tertiary/aromatic N) is 2. The Morgan fingerprint density at radius 3 is 2.84 bits per heavy atom. The molecule has 1 fully saturated rings. The highest BCUT2D eigenvalue weighted by molar-refractivity contribution is 5.85. The first-order valence-electron chi connectivity index (χ1n) is 6.51. The monoisotopic (exact) mass is 262 g/mol. The summed E-state index contributed by atoms with van der Waals surface area (Å²) in [5, 5.41) is 4.40. The van der Waals surface area contributed by atoms with Crippen molar-refractivity contribution in [3.8, 4) is 11.9 Å². The number of ether oxygens (including phenoxy) is 2. The number of aromatic nitrogens is 3. The van der Waals surface area contributed by atoms with Crippen LogP contribution in [0.2, 0.25) is 0 Å². The van der Waals surface area contributed by atoms with Gasteiger partial charge in [0.05, 0.1) is 19.6 Å². The molecule has 0 saturated carbocycles. The van der Waals surface area contributed by atoms with E-state index >= 15 is 0 Å². The van der Waals surface area contributed by atoms with E-state index in [0.717, 1.165) is 24.1 Å². The van der Waals surface area contributed by atoms with E-state index in [9.17, 15) is 0 Å². The van der Waals surface area contributed by atoms with Crippen molar-refractivity contribution in [2.24, 2.45) is 0 Å². The van der Waals surface area contributed by atoms with Gasteiger partial charge in [0.2, 0.25) is 5.88 Å². The molecule has 1 unspecified atom stereocenters. The normalized spacial score (nSPS) is 19.6. The second kappa shape index (κ2) is 5.05. The van der Waals surface area contributed by atoms with Crippen LogP contribution in [0.4, 0.5) is 0 Å². The third kappa shape index (κ3) is 2.12. The number of rotatable bonds is 3. The zero-order valence-electron chi connectivity index (χ0n) is 11.2. The van der Waals surface area contributed by atoms with Gasteiger partial charge >= 0.3 is 6.01 Å². The largest absolute Gasteiger partial charge is 0.480 e. The molecular formula is C13H18N4O2. The molecule has 1 atom stereocenters. The van der Waals surface area contributed by atoms with Crippen molar-refractivity contribution in [1.29, 1.82) is 0 Å². The van der Waals surface area contributed by atoms with Crippen molar-refractivity contribution in [3.05, 3.63) is 11.8 Å². The summed E-state index contributed by atoms with van der Waals surface area (Å²) in [4.78, 5) is 11.8. The molecule has 102 valence electrons. The first-order valence-corrected chi connectivity index (χ1v) is 6.51. The molecule has 2 N–H and O–H groups in total. The van der Waals surface area contributed by atoms with Crippen LogP contribution in [0.3, 0.4) is 0 Å². The van der Waals surface area contributed by atoms with Gasteiger partial charge in [-0.05, 0) is 30.9 Å². The molecule has 1 aliphatic rings. The smallest absolute Gasteiger partial charge is 0.321 e. The Kier molecular flexibility index (Phi) is 3.25. The average molecular weight is 262 g/mol. The van der Waals surface area contributed by atoms with Crippen LogP contribution in [-0.2, 0) is 0 Å². The van der Waals surface area contributed by atoms with Crippen LogP contribution < -0.4 is 14.8 Å². The lowest BCUT2D eigenvalue weighted by Crippen LogP contribution is -2.28. The van der Waals surface area contributed by atoms with Gasteiger partial charge < -0.3 is 19.8 Å².